The maximum absolute atomic E-state index is 13.1. The molecule has 2 rings (SSSR count). The van der Waals surface area contributed by atoms with Crippen molar-refractivity contribution in [1.29, 1.82) is 0 Å². The number of amides is 1. The van der Waals surface area contributed by atoms with Gasteiger partial charge in [0.15, 0.2) is 0 Å². The van der Waals surface area contributed by atoms with E-state index in [2.05, 4.69) is 6.92 Å². The molecule has 0 saturated carbocycles. The zero-order valence-corrected chi connectivity index (χ0v) is 13.1. The molecule has 0 radical (unpaired) electrons. The number of carbonyl (C=O) groups is 1. The normalized spacial score (nSPS) is 30.0. The standard InChI is InChI=1S/C14H24N2O3S/c1-3-11-9-19-10(2)8-16(11)13(17)14(12(15)20)4-6-18-7-5-14/h10-11H,3-9H2,1-2H3,(H2,15,20). The Labute approximate surface area is 125 Å². The number of nitrogens with two attached hydrogens (primary N) is 1. The van der Waals surface area contributed by atoms with Crippen LogP contribution in [0.5, 0.6) is 0 Å². The van der Waals surface area contributed by atoms with Crippen LogP contribution >= 0.6 is 12.2 Å². The van der Waals surface area contributed by atoms with Crippen molar-refractivity contribution in [2.45, 2.75) is 45.3 Å². The van der Waals surface area contributed by atoms with E-state index in [9.17, 15) is 4.79 Å². The fourth-order valence-electron chi connectivity index (χ4n) is 2.99. The highest BCUT2D eigenvalue weighted by Gasteiger charge is 2.47. The quantitative estimate of drug-likeness (QED) is 0.791. The number of nitrogens with zero attached hydrogens (tertiary/aromatic N) is 1. The zero-order valence-electron chi connectivity index (χ0n) is 12.3. The molecule has 20 heavy (non-hydrogen) atoms. The van der Waals surface area contributed by atoms with Crippen molar-refractivity contribution in [3.63, 3.8) is 0 Å². The Bertz CT molecular complexity index is 383. The number of ether oxygens (including phenoxy) is 2. The number of hydrogen-bond donors (Lipinski definition) is 1. The number of morpholine rings is 1. The minimum atomic E-state index is -0.724. The summed E-state index contributed by atoms with van der Waals surface area (Å²) in [6.45, 7) is 6.35. The highest BCUT2D eigenvalue weighted by atomic mass is 32.1. The molecular weight excluding hydrogens is 276 g/mol. The summed E-state index contributed by atoms with van der Waals surface area (Å²) in [4.78, 5) is 15.3. The van der Waals surface area contributed by atoms with Gasteiger partial charge in [-0.25, -0.2) is 0 Å². The lowest BCUT2D eigenvalue weighted by atomic mass is 9.78. The van der Waals surface area contributed by atoms with Gasteiger partial charge in [-0.1, -0.05) is 19.1 Å². The second-order valence-corrected chi connectivity index (χ2v) is 6.16. The maximum Gasteiger partial charge on any atom is 0.236 e. The summed E-state index contributed by atoms with van der Waals surface area (Å²) in [5, 5.41) is 0. The first-order chi connectivity index (χ1) is 9.51. The molecule has 5 nitrogen and oxygen atoms in total. The van der Waals surface area contributed by atoms with E-state index in [-0.39, 0.29) is 18.1 Å². The molecule has 0 aromatic carbocycles. The molecule has 2 heterocycles. The van der Waals surface area contributed by atoms with Crippen molar-refractivity contribution in [1.82, 2.24) is 4.90 Å². The molecule has 2 unspecified atom stereocenters. The van der Waals surface area contributed by atoms with Crippen LogP contribution in [-0.4, -0.2) is 54.3 Å². The van der Waals surface area contributed by atoms with E-state index >= 15 is 0 Å². The van der Waals surface area contributed by atoms with E-state index in [1.54, 1.807) is 0 Å². The van der Waals surface area contributed by atoms with E-state index in [1.807, 2.05) is 11.8 Å². The van der Waals surface area contributed by atoms with E-state index in [4.69, 9.17) is 27.4 Å². The zero-order chi connectivity index (χ0) is 14.8. The summed E-state index contributed by atoms with van der Waals surface area (Å²) >= 11 is 5.22. The van der Waals surface area contributed by atoms with Crippen LogP contribution in [0.2, 0.25) is 0 Å². The number of rotatable bonds is 3. The van der Waals surface area contributed by atoms with Crippen LogP contribution in [0.3, 0.4) is 0 Å². The smallest absolute Gasteiger partial charge is 0.236 e. The second-order valence-electron chi connectivity index (χ2n) is 5.72. The van der Waals surface area contributed by atoms with E-state index in [1.165, 1.54) is 0 Å². The predicted molar refractivity (Wildman–Crippen MR) is 80.5 cm³/mol. The van der Waals surface area contributed by atoms with Gasteiger partial charge in [-0.05, 0) is 26.2 Å². The topological polar surface area (TPSA) is 64.8 Å². The molecule has 0 aromatic heterocycles. The highest BCUT2D eigenvalue weighted by molar-refractivity contribution is 7.80. The average molecular weight is 300 g/mol. The van der Waals surface area contributed by atoms with Crippen molar-refractivity contribution < 1.29 is 14.3 Å². The SMILES string of the molecule is CCC1COC(C)CN1C(=O)C1(C(N)=S)CCOCC1. The Balaban J connectivity index is 2.23. The largest absolute Gasteiger partial charge is 0.392 e. The first-order valence-corrected chi connectivity index (χ1v) is 7.72. The molecule has 2 saturated heterocycles. The fourth-order valence-corrected chi connectivity index (χ4v) is 3.28. The van der Waals surface area contributed by atoms with Gasteiger partial charge < -0.3 is 20.1 Å². The molecule has 0 aromatic rings. The lowest BCUT2D eigenvalue weighted by molar-refractivity contribution is -0.155. The molecule has 6 heteroatoms. The molecular formula is C14H24N2O3S. The van der Waals surface area contributed by atoms with Gasteiger partial charge >= 0.3 is 0 Å². The van der Waals surface area contributed by atoms with Crippen molar-refractivity contribution in [2.24, 2.45) is 11.1 Å². The summed E-state index contributed by atoms with van der Waals surface area (Å²) < 4.78 is 11.0. The van der Waals surface area contributed by atoms with Gasteiger partial charge in [-0.3, -0.25) is 4.79 Å². The summed E-state index contributed by atoms with van der Waals surface area (Å²) in [7, 11) is 0. The van der Waals surface area contributed by atoms with E-state index in [0.717, 1.165) is 6.42 Å². The number of carbonyl (C=O) groups excluding carboxylic acids is 1. The predicted octanol–water partition coefficient (Wildman–Crippen LogP) is 1.10. The molecule has 2 aliphatic heterocycles. The summed E-state index contributed by atoms with van der Waals surface area (Å²) in [5.74, 6) is 0.0651. The lowest BCUT2D eigenvalue weighted by Gasteiger charge is -2.45. The molecule has 0 spiro atoms. The van der Waals surface area contributed by atoms with Crippen molar-refractivity contribution >= 4 is 23.1 Å². The van der Waals surface area contributed by atoms with Gasteiger partial charge in [0.05, 0.1) is 23.7 Å². The van der Waals surface area contributed by atoms with Gasteiger partial charge in [-0.2, -0.15) is 0 Å². The average Bonchev–Trinajstić information content (AvgIpc) is 2.47. The van der Waals surface area contributed by atoms with E-state index < -0.39 is 5.41 Å². The molecule has 2 aliphatic rings. The second kappa shape index (κ2) is 6.37. The molecule has 2 atom stereocenters. The summed E-state index contributed by atoms with van der Waals surface area (Å²) in [5.41, 5.74) is 5.20. The number of thiocarbonyl (C=S) groups is 1. The molecule has 0 bridgehead atoms. The van der Waals surface area contributed by atoms with Gasteiger partial charge in [0, 0.05) is 19.8 Å². The van der Waals surface area contributed by atoms with Crippen molar-refractivity contribution in [2.75, 3.05) is 26.4 Å². The van der Waals surface area contributed by atoms with Crippen molar-refractivity contribution in [3.05, 3.63) is 0 Å². The Morgan fingerprint density at radius 3 is 2.65 bits per heavy atom. The van der Waals surface area contributed by atoms with Gasteiger partial charge in [0.1, 0.15) is 5.41 Å². The monoisotopic (exact) mass is 300 g/mol. The van der Waals surface area contributed by atoms with Crippen LogP contribution < -0.4 is 5.73 Å². The molecule has 114 valence electrons. The molecule has 2 N–H and O–H groups in total. The summed E-state index contributed by atoms with van der Waals surface area (Å²) in [6.07, 6.45) is 2.11. The first-order valence-electron chi connectivity index (χ1n) is 7.31. The Hall–Kier alpha value is -0.720. The molecule has 2 fully saturated rings. The third-order valence-corrected chi connectivity index (χ3v) is 4.82. The van der Waals surface area contributed by atoms with Crippen LogP contribution in [0, 0.1) is 5.41 Å². The van der Waals surface area contributed by atoms with Crippen LogP contribution in [0.25, 0.3) is 0 Å². The third-order valence-electron chi connectivity index (χ3n) is 4.43. The maximum atomic E-state index is 13.1. The van der Waals surface area contributed by atoms with Gasteiger partial charge in [0.2, 0.25) is 5.91 Å². The van der Waals surface area contributed by atoms with Crippen LogP contribution in [0.1, 0.15) is 33.1 Å². The highest BCUT2D eigenvalue weighted by Crippen LogP contribution is 2.35. The fraction of sp³-hybridized carbons (Fsp3) is 0.857. The third kappa shape index (κ3) is 2.82. The number of hydrogen-bond acceptors (Lipinski definition) is 4. The lowest BCUT2D eigenvalue weighted by Crippen LogP contribution is -2.59. The van der Waals surface area contributed by atoms with E-state index in [0.29, 0.717) is 44.2 Å². The van der Waals surface area contributed by atoms with Crippen LogP contribution in [-0.2, 0) is 14.3 Å². The Kier molecular flexibility index (Phi) is 4.99. The summed E-state index contributed by atoms with van der Waals surface area (Å²) in [6, 6.07) is 0.118. The minimum absolute atomic E-state index is 0.0602. The van der Waals surface area contributed by atoms with Crippen molar-refractivity contribution in [3.8, 4) is 0 Å². The Morgan fingerprint density at radius 2 is 2.10 bits per heavy atom. The first kappa shape index (κ1) is 15.7. The van der Waals surface area contributed by atoms with Gasteiger partial charge in [-0.15, -0.1) is 0 Å². The Morgan fingerprint density at radius 1 is 1.45 bits per heavy atom. The molecule has 0 aliphatic carbocycles. The minimum Gasteiger partial charge on any atom is -0.392 e. The van der Waals surface area contributed by atoms with Gasteiger partial charge in [0.25, 0.3) is 0 Å². The molecule has 1 amide bonds. The van der Waals surface area contributed by atoms with Crippen LogP contribution in [0.15, 0.2) is 0 Å². The van der Waals surface area contributed by atoms with Crippen LogP contribution in [0.4, 0.5) is 0 Å².